The summed E-state index contributed by atoms with van der Waals surface area (Å²) < 4.78 is 5.64. The number of carbonyl (C=O) groups excluding carboxylic acids is 1. The van der Waals surface area contributed by atoms with Gasteiger partial charge in [-0.1, -0.05) is 6.92 Å². The summed E-state index contributed by atoms with van der Waals surface area (Å²) in [5.41, 5.74) is 0. The van der Waals surface area contributed by atoms with Gasteiger partial charge in [0.25, 0.3) is 0 Å². The predicted octanol–water partition coefficient (Wildman–Crippen LogP) is 0.623. The van der Waals surface area contributed by atoms with E-state index in [1.54, 1.807) is 0 Å². The second kappa shape index (κ2) is 5.64. The average Bonchev–Trinajstić information content (AvgIpc) is 2.46. The highest BCUT2D eigenvalue weighted by atomic mass is 16.5. The third-order valence-corrected chi connectivity index (χ3v) is 3.52. The molecule has 16 heavy (non-hydrogen) atoms. The van der Waals surface area contributed by atoms with E-state index >= 15 is 0 Å². The van der Waals surface area contributed by atoms with Gasteiger partial charge < -0.3 is 15.0 Å². The van der Waals surface area contributed by atoms with Crippen LogP contribution in [0.1, 0.15) is 26.2 Å². The third-order valence-electron chi connectivity index (χ3n) is 3.52. The Morgan fingerprint density at radius 2 is 2.38 bits per heavy atom. The summed E-state index contributed by atoms with van der Waals surface area (Å²) in [5.74, 6) is 0.984. The fourth-order valence-corrected chi connectivity index (χ4v) is 2.35. The molecule has 0 aromatic carbocycles. The van der Waals surface area contributed by atoms with Gasteiger partial charge in [-0.3, -0.25) is 4.79 Å². The van der Waals surface area contributed by atoms with Crippen molar-refractivity contribution in [2.24, 2.45) is 5.92 Å². The Hall–Kier alpha value is -0.610. The van der Waals surface area contributed by atoms with Crippen LogP contribution in [0.15, 0.2) is 0 Å². The van der Waals surface area contributed by atoms with E-state index in [1.807, 2.05) is 4.90 Å². The van der Waals surface area contributed by atoms with Crippen molar-refractivity contribution in [2.45, 2.75) is 32.3 Å². The highest BCUT2D eigenvalue weighted by Gasteiger charge is 2.24. The van der Waals surface area contributed by atoms with Crippen molar-refractivity contribution in [3.05, 3.63) is 0 Å². The summed E-state index contributed by atoms with van der Waals surface area (Å²) in [7, 11) is 0. The van der Waals surface area contributed by atoms with Gasteiger partial charge in [-0.25, -0.2) is 0 Å². The molecule has 2 aliphatic rings. The summed E-state index contributed by atoms with van der Waals surface area (Å²) in [4.78, 5) is 13.9. The van der Waals surface area contributed by atoms with Gasteiger partial charge in [0.05, 0.1) is 12.7 Å². The molecule has 1 amide bonds. The Kier molecular flexibility index (Phi) is 4.18. The number of morpholine rings is 1. The molecule has 0 spiro atoms. The first kappa shape index (κ1) is 11.9. The molecule has 0 radical (unpaired) electrons. The molecule has 92 valence electrons. The lowest BCUT2D eigenvalue weighted by Crippen LogP contribution is -2.46. The number of hydrogen-bond donors (Lipinski definition) is 1. The Bertz CT molecular complexity index is 239. The van der Waals surface area contributed by atoms with Gasteiger partial charge >= 0.3 is 0 Å². The molecule has 0 aliphatic carbocycles. The van der Waals surface area contributed by atoms with Crippen LogP contribution in [-0.4, -0.2) is 49.7 Å². The van der Waals surface area contributed by atoms with Gasteiger partial charge in [-0.2, -0.15) is 0 Å². The number of rotatable bonds is 2. The van der Waals surface area contributed by atoms with Crippen LogP contribution in [0.3, 0.4) is 0 Å². The maximum Gasteiger partial charge on any atom is 0.222 e. The van der Waals surface area contributed by atoms with Crippen LogP contribution in [0.5, 0.6) is 0 Å². The fourth-order valence-electron chi connectivity index (χ4n) is 2.35. The molecule has 0 bridgehead atoms. The maximum absolute atomic E-state index is 11.9. The summed E-state index contributed by atoms with van der Waals surface area (Å²) in [6, 6.07) is 0. The Morgan fingerprint density at radius 3 is 3.12 bits per heavy atom. The number of amides is 1. The van der Waals surface area contributed by atoms with E-state index < -0.39 is 0 Å². The normalized spacial score (nSPS) is 32.6. The molecule has 0 aromatic rings. The Labute approximate surface area is 97.3 Å². The molecule has 2 saturated heterocycles. The van der Waals surface area contributed by atoms with Crippen LogP contribution < -0.4 is 5.32 Å². The second-order valence-electron chi connectivity index (χ2n) is 4.97. The summed E-state index contributed by atoms with van der Waals surface area (Å²) in [6.07, 6.45) is 3.07. The van der Waals surface area contributed by atoms with Gasteiger partial charge in [0.2, 0.25) is 5.91 Å². The van der Waals surface area contributed by atoms with E-state index in [2.05, 4.69) is 12.2 Å². The van der Waals surface area contributed by atoms with Crippen molar-refractivity contribution in [1.82, 2.24) is 10.2 Å². The van der Waals surface area contributed by atoms with Gasteiger partial charge in [0.15, 0.2) is 0 Å². The molecule has 1 N–H and O–H groups in total. The average molecular weight is 226 g/mol. The van der Waals surface area contributed by atoms with E-state index in [-0.39, 0.29) is 6.10 Å². The highest BCUT2D eigenvalue weighted by molar-refractivity contribution is 5.76. The molecule has 4 heteroatoms. The van der Waals surface area contributed by atoms with Crippen LogP contribution >= 0.6 is 0 Å². The standard InChI is InChI=1S/C12H22N2O2/c1-10-2-3-12(15)14(6-4-10)9-11-8-13-5-7-16-11/h10-11,13H,2-9H2,1H3. The number of nitrogens with one attached hydrogen (secondary N) is 1. The van der Waals surface area contributed by atoms with Crippen molar-refractivity contribution in [3.63, 3.8) is 0 Å². The minimum absolute atomic E-state index is 0.186. The summed E-state index contributed by atoms with van der Waals surface area (Å²) in [6.45, 7) is 6.47. The second-order valence-corrected chi connectivity index (χ2v) is 4.97. The first-order valence-electron chi connectivity index (χ1n) is 6.36. The van der Waals surface area contributed by atoms with Crippen LogP contribution in [0.2, 0.25) is 0 Å². The van der Waals surface area contributed by atoms with Crippen molar-refractivity contribution >= 4 is 5.91 Å². The maximum atomic E-state index is 11.9. The first-order valence-corrected chi connectivity index (χ1v) is 6.36. The first-order chi connectivity index (χ1) is 7.75. The summed E-state index contributed by atoms with van der Waals surface area (Å²) >= 11 is 0. The molecule has 2 atom stereocenters. The predicted molar refractivity (Wildman–Crippen MR) is 62.2 cm³/mol. The zero-order valence-electron chi connectivity index (χ0n) is 10.1. The number of nitrogens with zero attached hydrogens (tertiary/aromatic N) is 1. The van der Waals surface area contributed by atoms with Crippen LogP contribution in [0.4, 0.5) is 0 Å². The molecular formula is C12H22N2O2. The Morgan fingerprint density at radius 1 is 1.50 bits per heavy atom. The Balaban J connectivity index is 1.84. The van der Waals surface area contributed by atoms with Gasteiger partial charge in [0.1, 0.15) is 0 Å². The zero-order valence-corrected chi connectivity index (χ0v) is 10.1. The largest absolute Gasteiger partial charge is 0.374 e. The molecule has 4 nitrogen and oxygen atoms in total. The van der Waals surface area contributed by atoms with Crippen LogP contribution in [0, 0.1) is 5.92 Å². The molecule has 0 saturated carbocycles. The molecule has 2 heterocycles. The van der Waals surface area contributed by atoms with Gasteiger partial charge in [-0.15, -0.1) is 0 Å². The van der Waals surface area contributed by atoms with E-state index in [1.165, 1.54) is 0 Å². The number of carbonyl (C=O) groups is 1. The zero-order chi connectivity index (χ0) is 11.4. The van der Waals surface area contributed by atoms with E-state index in [0.717, 1.165) is 45.6 Å². The minimum Gasteiger partial charge on any atom is -0.374 e. The minimum atomic E-state index is 0.186. The van der Waals surface area contributed by atoms with Crippen molar-refractivity contribution in [3.8, 4) is 0 Å². The number of hydrogen-bond acceptors (Lipinski definition) is 3. The van der Waals surface area contributed by atoms with Crippen LogP contribution in [0.25, 0.3) is 0 Å². The quantitative estimate of drug-likeness (QED) is 0.750. The molecule has 2 unspecified atom stereocenters. The SMILES string of the molecule is CC1CCC(=O)N(CC2CNCCO2)CC1. The lowest BCUT2D eigenvalue weighted by molar-refractivity contribution is -0.133. The number of likely N-dealkylation sites (tertiary alicyclic amines) is 1. The van der Waals surface area contributed by atoms with Crippen molar-refractivity contribution < 1.29 is 9.53 Å². The van der Waals surface area contributed by atoms with Crippen molar-refractivity contribution in [2.75, 3.05) is 32.8 Å². The van der Waals surface area contributed by atoms with E-state index in [9.17, 15) is 4.79 Å². The van der Waals surface area contributed by atoms with E-state index in [4.69, 9.17) is 4.74 Å². The molecule has 2 rings (SSSR count). The monoisotopic (exact) mass is 226 g/mol. The smallest absolute Gasteiger partial charge is 0.222 e. The van der Waals surface area contributed by atoms with E-state index in [0.29, 0.717) is 18.2 Å². The number of ether oxygens (including phenoxy) is 1. The third kappa shape index (κ3) is 3.19. The van der Waals surface area contributed by atoms with Gasteiger partial charge in [0, 0.05) is 32.6 Å². The lowest BCUT2D eigenvalue weighted by Gasteiger charge is -2.29. The van der Waals surface area contributed by atoms with Crippen molar-refractivity contribution in [1.29, 1.82) is 0 Å². The van der Waals surface area contributed by atoms with Crippen LogP contribution in [-0.2, 0) is 9.53 Å². The lowest BCUT2D eigenvalue weighted by atomic mass is 10.0. The molecular weight excluding hydrogens is 204 g/mol. The highest BCUT2D eigenvalue weighted by Crippen LogP contribution is 2.18. The fraction of sp³-hybridized carbons (Fsp3) is 0.917. The topological polar surface area (TPSA) is 41.6 Å². The molecule has 2 fully saturated rings. The summed E-state index contributed by atoms with van der Waals surface area (Å²) in [5, 5.41) is 3.30. The molecule has 0 aromatic heterocycles. The molecule has 2 aliphatic heterocycles. The van der Waals surface area contributed by atoms with Gasteiger partial charge in [-0.05, 0) is 18.8 Å².